The zero-order valence-corrected chi connectivity index (χ0v) is 27.3. The molecule has 2 fully saturated rings. The fraction of sp³-hybridized carbons (Fsp3) is 0.459. The number of carbonyl (C=O) groups is 1. The Hall–Kier alpha value is -4.24. The molecule has 2 unspecified atom stereocenters. The third-order valence-electron chi connectivity index (χ3n) is 8.96. The quantitative estimate of drug-likeness (QED) is 0.216. The molecular formula is C37H45N5O4. The summed E-state index contributed by atoms with van der Waals surface area (Å²) in [5, 5.41) is 16.2. The molecule has 2 aromatic carbocycles. The predicted octanol–water partition coefficient (Wildman–Crippen LogP) is 7.70. The maximum atomic E-state index is 12.7. The van der Waals surface area contributed by atoms with Crippen LogP contribution in [0.3, 0.4) is 0 Å². The van der Waals surface area contributed by atoms with Gasteiger partial charge in [0.15, 0.2) is 0 Å². The van der Waals surface area contributed by atoms with E-state index in [0.29, 0.717) is 30.6 Å². The van der Waals surface area contributed by atoms with Gasteiger partial charge < -0.3 is 24.8 Å². The first-order chi connectivity index (χ1) is 22.1. The highest BCUT2D eigenvalue weighted by atomic mass is 16.6. The van der Waals surface area contributed by atoms with Gasteiger partial charge in [-0.2, -0.15) is 0 Å². The van der Waals surface area contributed by atoms with Gasteiger partial charge in [-0.15, -0.1) is 0 Å². The van der Waals surface area contributed by atoms with Crippen molar-refractivity contribution in [3.8, 4) is 22.9 Å². The Labute approximate surface area is 271 Å². The molecule has 1 aliphatic heterocycles. The van der Waals surface area contributed by atoms with Gasteiger partial charge in [-0.1, -0.05) is 43.2 Å². The lowest BCUT2D eigenvalue weighted by molar-refractivity contribution is 0.0206. The largest absolute Gasteiger partial charge is 0.444 e. The molecule has 242 valence electrons. The van der Waals surface area contributed by atoms with E-state index < -0.39 is 5.60 Å². The molecule has 9 heteroatoms. The van der Waals surface area contributed by atoms with Crippen molar-refractivity contribution in [2.24, 2.45) is 5.92 Å². The van der Waals surface area contributed by atoms with Crippen LogP contribution in [-0.4, -0.2) is 61.9 Å². The minimum atomic E-state index is -0.538. The second-order valence-corrected chi connectivity index (χ2v) is 13.7. The van der Waals surface area contributed by atoms with Gasteiger partial charge in [0, 0.05) is 36.9 Å². The van der Waals surface area contributed by atoms with E-state index in [-0.39, 0.29) is 24.2 Å². The molecule has 0 spiro atoms. The Morgan fingerprint density at radius 3 is 2.65 bits per heavy atom. The number of hydrogen-bond acceptors (Lipinski definition) is 8. The van der Waals surface area contributed by atoms with Gasteiger partial charge in [-0.05, 0) is 100 Å². The Kier molecular flexibility index (Phi) is 9.40. The summed E-state index contributed by atoms with van der Waals surface area (Å²) in [4.78, 5) is 28.4. The van der Waals surface area contributed by atoms with E-state index in [1.54, 1.807) is 17.3 Å². The van der Waals surface area contributed by atoms with Crippen LogP contribution in [-0.2, 0) is 11.2 Å². The van der Waals surface area contributed by atoms with Crippen LogP contribution in [0.1, 0.15) is 70.4 Å². The molecule has 1 saturated carbocycles. The molecule has 0 radical (unpaired) electrons. The zero-order valence-electron chi connectivity index (χ0n) is 27.3. The van der Waals surface area contributed by atoms with Gasteiger partial charge in [0.25, 0.3) is 0 Å². The molecule has 6 rings (SSSR count). The summed E-state index contributed by atoms with van der Waals surface area (Å²) < 4.78 is 12.2. The smallest absolute Gasteiger partial charge is 0.410 e. The lowest BCUT2D eigenvalue weighted by atomic mass is 9.81. The summed E-state index contributed by atoms with van der Waals surface area (Å²) in [5.41, 5.74) is 3.14. The number of ether oxygens (including phenoxy) is 2. The number of fused-ring (bicyclic) bond motifs is 1. The number of anilines is 1. The number of aromatic nitrogens is 3. The van der Waals surface area contributed by atoms with E-state index in [2.05, 4.69) is 45.6 Å². The molecule has 4 aromatic rings. The number of rotatable bonds is 7. The van der Waals surface area contributed by atoms with Gasteiger partial charge in [0.2, 0.25) is 11.8 Å². The SMILES string of the molecule is Cc1ccc2c(CC3CCCCC3O)cccc2c1Oc1ncccc1-c1ccnc(N[C@H]2CCCN(C(=O)OC(C)(C)C)C2)n1. The van der Waals surface area contributed by atoms with Crippen LogP contribution in [0.5, 0.6) is 11.6 Å². The molecule has 3 atom stereocenters. The molecule has 2 aliphatic rings. The molecule has 1 aliphatic carbocycles. The third-order valence-corrected chi connectivity index (χ3v) is 8.96. The van der Waals surface area contributed by atoms with E-state index >= 15 is 0 Å². The standard InChI is InChI=1S/C37H45N5O4/c1-24-16-17-28-25(22-26-10-5-6-15-32(26)43)11-7-13-29(28)33(24)45-34-30(14-8-19-38-34)31-18-20-39-35(41-31)40-27-12-9-21-42(23-27)36(44)46-37(2,3)4/h7-8,11,13-14,16-20,26-27,32,43H,5-6,9-10,12,15,21-23H2,1-4H3,(H,39,40,41)/t26?,27-,32?/m0/s1. The first-order valence-corrected chi connectivity index (χ1v) is 16.5. The molecule has 0 bridgehead atoms. The number of hydrogen-bond donors (Lipinski definition) is 2. The normalized spacial score (nSPS) is 20.4. The number of nitrogens with zero attached hydrogens (tertiary/aromatic N) is 4. The average Bonchev–Trinajstić information content (AvgIpc) is 3.03. The molecule has 9 nitrogen and oxygen atoms in total. The first kappa shape index (κ1) is 31.7. The molecule has 2 N–H and O–H groups in total. The highest BCUT2D eigenvalue weighted by Crippen LogP contribution is 2.39. The number of amides is 1. The lowest BCUT2D eigenvalue weighted by Gasteiger charge is -2.34. The van der Waals surface area contributed by atoms with Crippen LogP contribution in [0.2, 0.25) is 0 Å². The molecule has 1 saturated heterocycles. The van der Waals surface area contributed by atoms with E-state index in [1.165, 1.54) is 12.0 Å². The van der Waals surface area contributed by atoms with Crippen molar-refractivity contribution in [3.63, 3.8) is 0 Å². The van der Waals surface area contributed by atoms with E-state index in [1.807, 2.05) is 45.9 Å². The van der Waals surface area contributed by atoms with Gasteiger partial charge in [0.1, 0.15) is 11.4 Å². The summed E-state index contributed by atoms with van der Waals surface area (Å²) in [5.74, 6) is 1.99. The zero-order chi connectivity index (χ0) is 32.3. The van der Waals surface area contributed by atoms with Crippen molar-refractivity contribution < 1.29 is 19.4 Å². The number of benzene rings is 2. The number of likely N-dealkylation sites (tertiary alicyclic amines) is 1. The molecule has 46 heavy (non-hydrogen) atoms. The molecular weight excluding hydrogens is 578 g/mol. The van der Waals surface area contributed by atoms with Crippen molar-refractivity contribution in [3.05, 3.63) is 72.1 Å². The van der Waals surface area contributed by atoms with Gasteiger partial charge in [0.05, 0.1) is 17.4 Å². The predicted molar refractivity (Wildman–Crippen MR) is 180 cm³/mol. The highest BCUT2D eigenvalue weighted by Gasteiger charge is 2.28. The van der Waals surface area contributed by atoms with Crippen LogP contribution < -0.4 is 10.1 Å². The number of aliphatic hydroxyl groups excluding tert-OH is 1. The minimum absolute atomic E-state index is 0.00314. The van der Waals surface area contributed by atoms with Gasteiger partial charge in [-0.3, -0.25) is 0 Å². The molecule has 2 aromatic heterocycles. The second kappa shape index (κ2) is 13.6. The monoisotopic (exact) mass is 623 g/mol. The second-order valence-electron chi connectivity index (χ2n) is 13.7. The molecule has 1 amide bonds. The summed E-state index contributed by atoms with van der Waals surface area (Å²) in [7, 11) is 0. The van der Waals surface area contributed by atoms with Crippen molar-refractivity contribution in [1.82, 2.24) is 19.9 Å². The van der Waals surface area contributed by atoms with Gasteiger partial charge >= 0.3 is 6.09 Å². The van der Waals surface area contributed by atoms with Crippen LogP contribution >= 0.6 is 0 Å². The Bertz CT molecular complexity index is 1690. The fourth-order valence-corrected chi connectivity index (χ4v) is 6.64. The number of nitrogens with one attached hydrogen (secondary N) is 1. The Morgan fingerprint density at radius 2 is 1.83 bits per heavy atom. The number of carbonyl (C=O) groups excluding carboxylic acids is 1. The number of aliphatic hydroxyl groups is 1. The summed E-state index contributed by atoms with van der Waals surface area (Å²) >= 11 is 0. The number of pyridine rings is 1. The Balaban J connectivity index is 1.23. The minimum Gasteiger partial charge on any atom is -0.444 e. The van der Waals surface area contributed by atoms with Gasteiger partial charge in [-0.25, -0.2) is 19.7 Å². The maximum Gasteiger partial charge on any atom is 0.410 e. The topological polar surface area (TPSA) is 110 Å². The molecule has 3 heterocycles. The lowest BCUT2D eigenvalue weighted by Crippen LogP contribution is -2.47. The average molecular weight is 624 g/mol. The van der Waals surface area contributed by atoms with E-state index in [9.17, 15) is 9.90 Å². The van der Waals surface area contributed by atoms with E-state index in [4.69, 9.17) is 14.5 Å². The van der Waals surface area contributed by atoms with Crippen LogP contribution in [0.15, 0.2) is 60.9 Å². The first-order valence-electron chi connectivity index (χ1n) is 16.5. The Morgan fingerprint density at radius 1 is 0.978 bits per heavy atom. The van der Waals surface area contributed by atoms with Crippen LogP contribution in [0.25, 0.3) is 22.0 Å². The van der Waals surface area contributed by atoms with Crippen molar-refractivity contribution >= 4 is 22.8 Å². The third kappa shape index (κ3) is 7.41. The fourth-order valence-electron chi connectivity index (χ4n) is 6.64. The van der Waals surface area contributed by atoms with Crippen molar-refractivity contribution in [2.45, 2.75) is 90.4 Å². The van der Waals surface area contributed by atoms with Crippen LogP contribution in [0, 0.1) is 12.8 Å². The maximum absolute atomic E-state index is 12.7. The van der Waals surface area contributed by atoms with E-state index in [0.717, 1.165) is 66.2 Å². The summed E-state index contributed by atoms with van der Waals surface area (Å²) in [6.45, 7) is 8.87. The van der Waals surface area contributed by atoms with Crippen molar-refractivity contribution in [2.75, 3.05) is 18.4 Å². The number of piperidine rings is 1. The summed E-state index contributed by atoms with van der Waals surface area (Å²) in [6, 6.07) is 16.3. The highest BCUT2D eigenvalue weighted by molar-refractivity contribution is 5.92. The van der Waals surface area contributed by atoms with Crippen molar-refractivity contribution in [1.29, 1.82) is 0 Å². The van der Waals surface area contributed by atoms with Crippen LogP contribution in [0.4, 0.5) is 10.7 Å². The number of aryl methyl sites for hydroxylation is 1. The summed E-state index contributed by atoms with van der Waals surface area (Å²) in [6.07, 6.45) is 9.75.